The van der Waals surface area contributed by atoms with Crippen LogP contribution in [0.15, 0.2) is 11.4 Å². The number of rotatable bonds is 7. The van der Waals surface area contributed by atoms with Crippen molar-refractivity contribution in [2.24, 2.45) is 5.41 Å². The van der Waals surface area contributed by atoms with Crippen molar-refractivity contribution < 1.29 is 33.6 Å². The van der Waals surface area contributed by atoms with Gasteiger partial charge in [0.05, 0.1) is 12.0 Å². The van der Waals surface area contributed by atoms with Crippen molar-refractivity contribution in [3.05, 3.63) is 11.4 Å². The Morgan fingerprint density at radius 2 is 1.73 bits per heavy atom. The molecule has 0 heterocycles. The molecule has 0 radical (unpaired) electrons. The number of ether oxygens (including phenoxy) is 2. The van der Waals surface area contributed by atoms with Crippen LogP contribution in [0.4, 0.5) is 4.79 Å². The maximum atomic E-state index is 11.8. The van der Waals surface area contributed by atoms with E-state index in [4.69, 9.17) is 4.74 Å². The fraction of sp³-hybridized carbons (Fsp3) is 0.706. The van der Waals surface area contributed by atoms with E-state index in [0.29, 0.717) is 0 Å². The Kier molecular flexibility index (Phi) is 8.67. The van der Waals surface area contributed by atoms with Gasteiger partial charge < -0.3 is 14.8 Å². The Balaban J connectivity index is 2.30. The molecule has 148 valence electrons. The van der Waals surface area contributed by atoms with Crippen molar-refractivity contribution in [3.8, 4) is 0 Å². The van der Waals surface area contributed by atoms with Crippen LogP contribution in [-0.4, -0.2) is 47.1 Å². The van der Waals surface area contributed by atoms with E-state index in [9.17, 15) is 24.2 Å². The predicted octanol–water partition coefficient (Wildman–Crippen LogP) is 2.51. The first-order chi connectivity index (χ1) is 12.0. The lowest BCUT2D eigenvalue weighted by Crippen LogP contribution is -2.33. The third-order valence-electron chi connectivity index (χ3n) is 3.72. The summed E-state index contributed by atoms with van der Waals surface area (Å²) in [6.07, 6.45) is 3.49. The number of hydrogen-bond acceptors (Lipinski definition) is 7. The van der Waals surface area contributed by atoms with E-state index in [2.05, 4.69) is 10.1 Å². The number of carbonyl (C=O) groups is 3. The molecule has 1 amide bonds. The van der Waals surface area contributed by atoms with Crippen molar-refractivity contribution in [1.82, 2.24) is 5.32 Å². The zero-order valence-corrected chi connectivity index (χ0v) is 16.5. The number of allylic oxidation sites excluding steroid dienone is 1. The van der Waals surface area contributed by atoms with Gasteiger partial charge in [0.2, 0.25) is 6.79 Å². The van der Waals surface area contributed by atoms with Gasteiger partial charge in [0.1, 0.15) is 5.82 Å². The molecule has 0 saturated heterocycles. The Morgan fingerprint density at radius 3 is 2.31 bits per heavy atom. The van der Waals surface area contributed by atoms with E-state index in [1.807, 2.05) is 0 Å². The zero-order valence-electron chi connectivity index (χ0n) is 15.6. The first-order valence-corrected chi connectivity index (χ1v) is 10.6. The predicted molar refractivity (Wildman–Crippen MR) is 97.3 cm³/mol. The lowest BCUT2D eigenvalue weighted by atomic mass is 9.96. The van der Waals surface area contributed by atoms with E-state index in [0.717, 1.165) is 37.7 Å². The molecule has 1 saturated carbocycles. The molecule has 1 aliphatic carbocycles. The molecule has 9 heteroatoms. The van der Waals surface area contributed by atoms with Crippen molar-refractivity contribution in [3.63, 3.8) is 0 Å². The fourth-order valence-corrected chi connectivity index (χ4v) is 3.93. The molecule has 0 spiro atoms. The number of amides is 1. The van der Waals surface area contributed by atoms with E-state index < -0.39 is 50.5 Å². The van der Waals surface area contributed by atoms with Crippen LogP contribution < -0.4 is 5.32 Å². The van der Waals surface area contributed by atoms with Gasteiger partial charge in [0, 0.05) is 0 Å². The Labute approximate surface area is 154 Å². The fourth-order valence-electron chi connectivity index (χ4n) is 2.36. The maximum Gasteiger partial charge on any atom is 0.410 e. The second-order valence-corrected chi connectivity index (χ2v) is 9.56. The normalized spacial score (nSPS) is 15.2. The summed E-state index contributed by atoms with van der Waals surface area (Å²) in [7, 11) is -3.45. The summed E-state index contributed by atoms with van der Waals surface area (Å²) < 4.78 is 9.40. The number of ketones is 1. The topological polar surface area (TPSA) is 122 Å². The third-order valence-corrected chi connectivity index (χ3v) is 5.31. The molecule has 1 fully saturated rings. The first kappa shape index (κ1) is 22.5. The number of esters is 1. The van der Waals surface area contributed by atoms with Gasteiger partial charge in [-0.1, -0.05) is 6.42 Å². The second-order valence-electron chi connectivity index (χ2n) is 7.42. The highest BCUT2D eigenvalue weighted by Gasteiger charge is 2.35. The molecule has 0 unspecified atom stereocenters. The molecule has 8 nitrogen and oxygen atoms in total. The third kappa shape index (κ3) is 9.27. The van der Waals surface area contributed by atoms with Crippen LogP contribution >= 0.6 is 7.72 Å². The summed E-state index contributed by atoms with van der Waals surface area (Å²) in [5.74, 6) is 0.404. The molecule has 0 aromatic heterocycles. The zero-order chi connectivity index (χ0) is 19.8. The Bertz CT molecular complexity index is 544. The standard InChI is InChI=1S/C17H28NO7P/c1-17(2,3)15(20)24-12-25-16(21)18-9-14(19)11-26(22,23)10-13-7-5-4-6-8-13/h10,22-23H,4-9,11-12H2,1-3H3/p+1. The van der Waals surface area contributed by atoms with Gasteiger partial charge in [-0.3, -0.25) is 9.59 Å². The first-order valence-electron chi connectivity index (χ1n) is 8.63. The molecule has 0 aliphatic heterocycles. The molecule has 26 heavy (non-hydrogen) atoms. The van der Waals surface area contributed by atoms with Crippen LogP contribution in [0.2, 0.25) is 0 Å². The summed E-state index contributed by atoms with van der Waals surface area (Å²) in [6, 6.07) is 0. The minimum absolute atomic E-state index is 0.391. The molecular weight excluding hydrogens is 361 g/mol. The van der Waals surface area contributed by atoms with Crippen LogP contribution in [-0.2, 0) is 19.1 Å². The van der Waals surface area contributed by atoms with Crippen LogP contribution in [0.25, 0.3) is 0 Å². The van der Waals surface area contributed by atoms with Crippen LogP contribution in [0.5, 0.6) is 0 Å². The lowest BCUT2D eigenvalue weighted by Gasteiger charge is -2.16. The van der Waals surface area contributed by atoms with Crippen molar-refractivity contribution >= 4 is 25.6 Å². The number of nitrogens with one attached hydrogen (secondary N) is 1. The van der Waals surface area contributed by atoms with E-state index in [1.165, 1.54) is 5.82 Å². The largest absolute Gasteiger partial charge is 0.427 e. The molecule has 0 aromatic rings. The molecule has 1 aliphatic rings. The van der Waals surface area contributed by atoms with E-state index in [-0.39, 0.29) is 0 Å². The highest BCUT2D eigenvalue weighted by molar-refractivity contribution is 7.68. The smallest absolute Gasteiger partial charge is 0.410 e. The molecule has 0 bridgehead atoms. The van der Waals surface area contributed by atoms with E-state index >= 15 is 0 Å². The van der Waals surface area contributed by atoms with E-state index in [1.54, 1.807) is 20.8 Å². The monoisotopic (exact) mass is 390 g/mol. The van der Waals surface area contributed by atoms with Gasteiger partial charge in [-0.05, 0) is 52.0 Å². The second kappa shape index (κ2) is 10.00. The van der Waals surface area contributed by atoms with Crippen LogP contribution in [0.1, 0.15) is 52.9 Å². The minimum Gasteiger partial charge on any atom is -0.427 e. The average Bonchev–Trinajstić information content (AvgIpc) is 2.52. The summed E-state index contributed by atoms with van der Waals surface area (Å²) in [6.45, 7) is 4.04. The number of carbonyl (C=O) groups excluding carboxylic acids is 3. The number of Topliss-reactive ketones (excluding diaryl/α,β-unsaturated/α-hetero) is 1. The molecule has 0 aromatic carbocycles. The summed E-state index contributed by atoms with van der Waals surface area (Å²) in [4.78, 5) is 54.9. The molecule has 3 N–H and O–H groups in total. The van der Waals surface area contributed by atoms with Crippen LogP contribution in [0, 0.1) is 5.41 Å². The Morgan fingerprint density at radius 1 is 1.12 bits per heavy atom. The van der Waals surface area contributed by atoms with Crippen molar-refractivity contribution in [1.29, 1.82) is 0 Å². The summed E-state index contributed by atoms with van der Waals surface area (Å²) in [5.41, 5.74) is 0.271. The Hall–Kier alpha value is -1.50. The summed E-state index contributed by atoms with van der Waals surface area (Å²) in [5, 5.41) is 2.19. The van der Waals surface area contributed by atoms with Gasteiger partial charge in [-0.2, -0.15) is 0 Å². The van der Waals surface area contributed by atoms with Gasteiger partial charge in [0.15, 0.2) is 11.9 Å². The maximum absolute atomic E-state index is 11.8. The van der Waals surface area contributed by atoms with Gasteiger partial charge >= 0.3 is 12.1 Å². The SMILES string of the molecule is CC(C)(C)C(=O)OCOC(=O)NCC(=O)C[P+](O)(O)C=C1CCCCC1. The summed E-state index contributed by atoms with van der Waals surface area (Å²) >= 11 is 0. The number of alkyl carbamates (subject to hydrolysis) is 1. The molecule has 1 rings (SSSR count). The highest BCUT2D eigenvalue weighted by Crippen LogP contribution is 2.53. The van der Waals surface area contributed by atoms with Crippen molar-refractivity contribution in [2.45, 2.75) is 52.9 Å². The van der Waals surface area contributed by atoms with Crippen molar-refractivity contribution in [2.75, 3.05) is 19.5 Å². The van der Waals surface area contributed by atoms with Crippen LogP contribution in [0.3, 0.4) is 0 Å². The molecular formula is C17H29NO7P+. The molecule has 0 atom stereocenters. The van der Waals surface area contributed by atoms with Gasteiger partial charge in [-0.25, -0.2) is 14.6 Å². The minimum atomic E-state index is -3.45. The van der Waals surface area contributed by atoms with Gasteiger partial charge in [0.25, 0.3) is 7.72 Å². The quantitative estimate of drug-likeness (QED) is 0.347. The number of hydrogen-bond donors (Lipinski definition) is 3. The highest BCUT2D eigenvalue weighted by atomic mass is 31.2. The lowest BCUT2D eigenvalue weighted by molar-refractivity contribution is -0.161. The van der Waals surface area contributed by atoms with Gasteiger partial charge in [-0.15, -0.1) is 0 Å². The average molecular weight is 390 g/mol.